The third-order valence-electron chi connectivity index (χ3n) is 2.58. The molecular weight excluding hydrogens is 426 g/mol. The zero-order chi connectivity index (χ0) is 20.5. The van der Waals surface area contributed by atoms with Crippen LogP contribution in [0.25, 0.3) is 0 Å². The minimum absolute atomic E-state index is 0.287. The Kier molecular flexibility index (Phi) is 10.1. The van der Waals surface area contributed by atoms with Crippen LogP contribution in [0.15, 0.2) is 24.3 Å². The molecule has 0 aliphatic rings. The Labute approximate surface area is 161 Å². The van der Waals surface area contributed by atoms with Crippen LogP contribution in [0.3, 0.4) is 0 Å². The molecule has 6 nitrogen and oxygen atoms in total. The summed E-state index contributed by atoms with van der Waals surface area (Å²) in [6.45, 7) is -0.287. The number of carbonyl (C=O) groups is 2. The maximum Gasteiger partial charge on any atom is 0.430 e. The third-order valence-corrected chi connectivity index (χ3v) is 2.91. The monoisotopic (exact) mass is 439 g/mol. The highest BCUT2D eigenvalue weighted by Crippen LogP contribution is 2.26. The number of quaternary nitrogens is 1. The van der Waals surface area contributed by atoms with Crippen molar-refractivity contribution in [2.45, 2.75) is 22.4 Å². The summed E-state index contributed by atoms with van der Waals surface area (Å²) < 4.78 is 39.9. The summed E-state index contributed by atoms with van der Waals surface area (Å²) in [6.07, 6.45) is -4.75. The van der Waals surface area contributed by atoms with Crippen molar-refractivity contribution in [2.75, 3.05) is 13.7 Å². The predicted molar refractivity (Wildman–Crippen MR) is 85.7 cm³/mol. The van der Waals surface area contributed by atoms with Crippen LogP contribution in [-0.2, 0) is 20.7 Å². The second-order valence-electron chi connectivity index (χ2n) is 4.76. The average molecular weight is 441 g/mol. The Morgan fingerprint density at radius 2 is 1.65 bits per heavy atom. The highest BCUT2D eigenvalue weighted by atomic mass is 35.6. The molecule has 0 radical (unpaired) electrons. The lowest BCUT2D eigenvalue weighted by Crippen LogP contribution is -2.66. The number of alkyl halides is 6. The van der Waals surface area contributed by atoms with Gasteiger partial charge in [-0.3, -0.25) is 0 Å². The highest BCUT2D eigenvalue weighted by molar-refractivity contribution is 6.67. The first-order chi connectivity index (χ1) is 11.8. The molecule has 0 aliphatic heterocycles. The summed E-state index contributed by atoms with van der Waals surface area (Å²) in [7, 11) is 1.59. The van der Waals surface area contributed by atoms with Crippen LogP contribution in [0, 0.1) is 0 Å². The van der Waals surface area contributed by atoms with Gasteiger partial charge in [-0.05, 0) is 17.7 Å². The van der Waals surface area contributed by atoms with Crippen molar-refractivity contribution < 1.29 is 43.1 Å². The van der Waals surface area contributed by atoms with Gasteiger partial charge in [0, 0.05) is 6.42 Å². The number of methoxy groups -OCH3 is 1. The van der Waals surface area contributed by atoms with E-state index in [0.717, 1.165) is 11.3 Å². The first-order valence-corrected chi connectivity index (χ1v) is 7.87. The van der Waals surface area contributed by atoms with E-state index in [0.29, 0.717) is 6.42 Å². The minimum Gasteiger partial charge on any atom is -0.542 e. The lowest BCUT2D eigenvalue weighted by Gasteiger charge is -2.13. The molecule has 1 rings (SSSR count). The topological polar surface area (TPSA) is 103 Å². The van der Waals surface area contributed by atoms with E-state index in [9.17, 15) is 18.0 Å². The van der Waals surface area contributed by atoms with Crippen molar-refractivity contribution in [1.82, 2.24) is 0 Å². The number of hydrogen-bond donors (Lipinski definition) is 1. The van der Waals surface area contributed by atoms with Crippen molar-refractivity contribution in [3.8, 4) is 5.75 Å². The molecule has 1 atom stereocenters. The van der Waals surface area contributed by atoms with Gasteiger partial charge in [-0.2, -0.15) is 13.2 Å². The van der Waals surface area contributed by atoms with Crippen LogP contribution in [0.1, 0.15) is 5.56 Å². The molecule has 1 aromatic rings. The number of ether oxygens (including phenoxy) is 2. The van der Waals surface area contributed by atoms with E-state index in [1.165, 1.54) is 0 Å². The average Bonchev–Trinajstić information content (AvgIpc) is 2.52. The number of carboxylic acids is 1. The fourth-order valence-corrected chi connectivity index (χ4v) is 1.56. The Morgan fingerprint density at radius 3 is 2.00 bits per heavy atom. The van der Waals surface area contributed by atoms with Gasteiger partial charge in [0.1, 0.15) is 18.3 Å². The van der Waals surface area contributed by atoms with E-state index in [1.807, 2.05) is 24.3 Å². The quantitative estimate of drug-likeness (QED) is 0.545. The van der Waals surface area contributed by atoms with Crippen LogP contribution in [0.4, 0.5) is 13.2 Å². The molecule has 26 heavy (non-hydrogen) atoms. The molecular formula is C14H15Cl3F3NO5. The van der Waals surface area contributed by atoms with Gasteiger partial charge >= 0.3 is 12.1 Å². The van der Waals surface area contributed by atoms with E-state index in [4.69, 9.17) is 54.2 Å². The Bertz CT molecular complexity index is 591. The molecule has 0 heterocycles. The summed E-state index contributed by atoms with van der Waals surface area (Å²) >= 11 is 16.5. The number of carboxylic acid groups (broad SMARTS) is 1. The van der Waals surface area contributed by atoms with E-state index >= 15 is 0 Å². The largest absolute Gasteiger partial charge is 0.542 e. The molecule has 0 aliphatic carbocycles. The normalized spacial score (nSPS) is 12.5. The zero-order valence-corrected chi connectivity index (χ0v) is 15.6. The van der Waals surface area contributed by atoms with Crippen LogP contribution in [0.2, 0.25) is 0 Å². The van der Waals surface area contributed by atoms with Gasteiger partial charge in [-0.1, -0.05) is 46.9 Å². The van der Waals surface area contributed by atoms with E-state index < -0.39 is 27.9 Å². The number of aliphatic carboxylic acids is 1. The van der Waals surface area contributed by atoms with Gasteiger partial charge < -0.3 is 25.1 Å². The third kappa shape index (κ3) is 11.2. The van der Waals surface area contributed by atoms with Crippen molar-refractivity contribution >= 4 is 46.7 Å². The molecule has 0 amide bonds. The Balaban J connectivity index is 0.000000758. The molecule has 0 saturated heterocycles. The number of carbonyl (C=O) groups excluding carboxylic acids is 2. The summed E-state index contributed by atoms with van der Waals surface area (Å²) in [5, 5.41) is 8.78. The van der Waals surface area contributed by atoms with Gasteiger partial charge in [0.2, 0.25) is 3.79 Å². The van der Waals surface area contributed by atoms with E-state index in [-0.39, 0.29) is 6.61 Å². The number of benzene rings is 1. The van der Waals surface area contributed by atoms with E-state index in [2.05, 4.69) is 5.73 Å². The van der Waals surface area contributed by atoms with Crippen LogP contribution in [0.5, 0.6) is 5.75 Å². The fourth-order valence-electron chi connectivity index (χ4n) is 1.40. The van der Waals surface area contributed by atoms with Crippen molar-refractivity contribution in [3.63, 3.8) is 0 Å². The summed E-state index contributed by atoms with van der Waals surface area (Å²) in [5.74, 6) is -2.75. The number of esters is 1. The Hall–Kier alpha value is -1.42. The van der Waals surface area contributed by atoms with Gasteiger partial charge in [-0.25, -0.2) is 4.79 Å². The highest BCUT2D eigenvalue weighted by Gasteiger charge is 2.29. The fraction of sp³-hybridized carbons (Fsp3) is 0.429. The molecule has 0 bridgehead atoms. The SMILES string of the molecule is COc1ccc(C[C@@H]([NH3+])C(=O)OCC(Cl)(Cl)Cl)cc1.O=C([O-])C(F)(F)F. The lowest BCUT2D eigenvalue weighted by molar-refractivity contribution is -0.407. The minimum atomic E-state index is -5.19. The zero-order valence-electron chi connectivity index (χ0n) is 13.3. The molecule has 12 heteroatoms. The summed E-state index contributed by atoms with van der Waals surface area (Å²) in [6, 6.07) is 6.79. The molecule has 3 N–H and O–H groups in total. The second-order valence-corrected chi connectivity index (χ2v) is 7.27. The van der Waals surface area contributed by atoms with Crippen molar-refractivity contribution in [1.29, 1.82) is 0 Å². The summed E-state index contributed by atoms with van der Waals surface area (Å²) in [4.78, 5) is 20.4. The van der Waals surface area contributed by atoms with Gasteiger partial charge in [-0.15, -0.1) is 0 Å². The first kappa shape index (κ1) is 24.6. The lowest BCUT2D eigenvalue weighted by atomic mass is 10.1. The van der Waals surface area contributed by atoms with E-state index in [1.54, 1.807) is 7.11 Å². The van der Waals surface area contributed by atoms with Crippen LogP contribution < -0.4 is 15.6 Å². The van der Waals surface area contributed by atoms with Gasteiger partial charge in [0.15, 0.2) is 6.04 Å². The van der Waals surface area contributed by atoms with Crippen LogP contribution in [-0.4, -0.2) is 41.7 Å². The molecule has 0 saturated carbocycles. The standard InChI is InChI=1S/C12H14Cl3NO3.C2HF3O2/c1-18-9-4-2-8(3-5-9)6-10(16)11(17)19-7-12(13,14)15;3-2(4,5)1(6)7/h2-5,10H,6-7,16H2,1H3;(H,6,7)/t10-;/m1./s1. The van der Waals surface area contributed by atoms with Gasteiger partial charge in [0.05, 0.1) is 7.11 Å². The molecule has 0 fully saturated rings. The predicted octanol–water partition coefficient (Wildman–Crippen LogP) is 1.06. The maximum absolute atomic E-state index is 11.6. The molecule has 148 valence electrons. The van der Waals surface area contributed by atoms with Crippen molar-refractivity contribution in [3.05, 3.63) is 29.8 Å². The number of hydrogen-bond acceptors (Lipinski definition) is 5. The smallest absolute Gasteiger partial charge is 0.430 e. The maximum atomic E-state index is 11.6. The molecule has 0 unspecified atom stereocenters. The number of halogens is 6. The molecule has 0 spiro atoms. The molecule has 0 aromatic heterocycles. The van der Waals surface area contributed by atoms with Gasteiger partial charge in [0.25, 0.3) is 0 Å². The van der Waals surface area contributed by atoms with Crippen molar-refractivity contribution in [2.24, 2.45) is 0 Å². The van der Waals surface area contributed by atoms with Crippen LogP contribution >= 0.6 is 34.8 Å². The number of rotatable bonds is 5. The Morgan fingerprint density at radius 1 is 1.19 bits per heavy atom. The summed E-state index contributed by atoms with van der Waals surface area (Å²) in [5.41, 5.74) is 4.69. The second kappa shape index (κ2) is 10.7. The molecule has 1 aromatic carbocycles. The first-order valence-electron chi connectivity index (χ1n) is 6.74.